The van der Waals surface area contributed by atoms with Crippen molar-refractivity contribution in [1.29, 1.82) is 0 Å². The maximum absolute atomic E-state index is 12.3. The van der Waals surface area contributed by atoms with Gasteiger partial charge in [-0.25, -0.2) is 4.52 Å². The molecule has 0 aliphatic carbocycles. The van der Waals surface area contributed by atoms with E-state index in [1.807, 2.05) is 29.3 Å². The van der Waals surface area contributed by atoms with E-state index in [2.05, 4.69) is 15.4 Å². The van der Waals surface area contributed by atoms with Crippen LogP contribution in [0.3, 0.4) is 0 Å². The number of ether oxygens (including phenoxy) is 2. The number of fused-ring (bicyclic) bond motifs is 5. The fourth-order valence-electron chi connectivity index (χ4n) is 3.89. The Hall–Kier alpha value is -3.29. The van der Waals surface area contributed by atoms with Crippen molar-refractivity contribution >= 4 is 17.2 Å². The van der Waals surface area contributed by atoms with Crippen molar-refractivity contribution in [2.24, 2.45) is 0 Å². The van der Waals surface area contributed by atoms with Crippen LogP contribution in [-0.2, 0) is 4.79 Å². The minimum absolute atomic E-state index is 0.0699. The van der Waals surface area contributed by atoms with Gasteiger partial charge >= 0.3 is 0 Å². The number of hydrogen-bond acceptors (Lipinski definition) is 6. The average Bonchev–Trinajstić information content (AvgIpc) is 3.29. The molecule has 1 fully saturated rings. The van der Waals surface area contributed by atoms with Crippen molar-refractivity contribution in [3.05, 3.63) is 36.7 Å². The standard InChI is InChI=1S/C20H21N5O3/c1-27-16-9-13-8-14(10-16)21-5-7-24-15(2-3-19(24)26)12-28-18-4-6-25-20(23-18)17(13)11-22-25/h4,6,8-11,15,21H,2-3,5,7,12H2,1H3/t15-/m0/s1. The van der Waals surface area contributed by atoms with Gasteiger partial charge in [0.1, 0.15) is 12.4 Å². The molecule has 1 N–H and O–H groups in total. The summed E-state index contributed by atoms with van der Waals surface area (Å²) in [5, 5.41) is 7.82. The largest absolute Gasteiger partial charge is 0.497 e. The summed E-state index contributed by atoms with van der Waals surface area (Å²) in [6.45, 7) is 1.73. The molecule has 1 aromatic carbocycles. The number of anilines is 1. The minimum atomic E-state index is 0.0699. The summed E-state index contributed by atoms with van der Waals surface area (Å²) in [5.74, 6) is 1.45. The number of methoxy groups -OCH3 is 1. The number of carbonyl (C=O) groups excluding carboxylic acids is 1. The Bertz CT molecular complexity index is 1050. The third-order valence-corrected chi connectivity index (χ3v) is 5.35. The molecule has 0 unspecified atom stereocenters. The molecule has 5 rings (SSSR count). The van der Waals surface area contributed by atoms with Crippen LogP contribution in [0.15, 0.2) is 36.7 Å². The molecule has 144 valence electrons. The number of amides is 1. The first-order valence-corrected chi connectivity index (χ1v) is 9.41. The number of benzene rings is 1. The van der Waals surface area contributed by atoms with Gasteiger partial charge in [-0.1, -0.05) is 0 Å². The first kappa shape index (κ1) is 16.9. The maximum atomic E-state index is 12.3. The van der Waals surface area contributed by atoms with Crippen LogP contribution in [0.25, 0.3) is 16.8 Å². The Balaban J connectivity index is 1.62. The van der Waals surface area contributed by atoms with E-state index in [0.717, 1.165) is 29.0 Å². The normalized spacial score (nSPS) is 19.1. The Morgan fingerprint density at radius 1 is 1.32 bits per heavy atom. The summed E-state index contributed by atoms with van der Waals surface area (Å²) in [6, 6.07) is 7.83. The molecule has 2 aliphatic heterocycles. The topological polar surface area (TPSA) is 81.0 Å². The van der Waals surface area contributed by atoms with Crippen LogP contribution >= 0.6 is 0 Å². The lowest BCUT2D eigenvalue weighted by molar-refractivity contribution is -0.129. The Morgan fingerprint density at radius 2 is 2.25 bits per heavy atom. The molecule has 28 heavy (non-hydrogen) atoms. The van der Waals surface area contributed by atoms with E-state index in [1.165, 1.54) is 0 Å². The van der Waals surface area contributed by atoms with Crippen LogP contribution in [-0.4, -0.2) is 58.3 Å². The molecule has 8 heteroatoms. The molecule has 0 radical (unpaired) electrons. The van der Waals surface area contributed by atoms with Crippen LogP contribution in [0.4, 0.5) is 5.69 Å². The molecular weight excluding hydrogens is 358 g/mol. The molecule has 2 aromatic heterocycles. The highest BCUT2D eigenvalue weighted by Gasteiger charge is 2.31. The predicted octanol–water partition coefficient (Wildman–Crippen LogP) is 2.20. The van der Waals surface area contributed by atoms with Crippen LogP contribution in [0.1, 0.15) is 12.8 Å². The van der Waals surface area contributed by atoms with E-state index in [9.17, 15) is 4.79 Å². The molecule has 1 amide bonds. The van der Waals surface area contributed by atoms with Gasteiger partial charge in [-0.05, 0) is 24.1 Å². The molecule has 4 heterocycles. The zero-order valence-corrected chi connectivity index (χ0v) is 15.6. The van der Waals surface area contributed by atoms with Crippen molar-refractivity contribution in [3.63, 3.8) is 0 Å². The van der Waals surface area contributed by atoms with Gasteiger partial charge in [0.15, 0.2) is 5.65 Å². The third-order valence-electron chi connectivity index (χ3n) is 5.35. The highest BCUT2D eigenvalue weighted by Crippen LogP contribution is 2.31. The monoisotopic (exact) mass is 379 g/mol. The van der Waals surface area contributed by atoms with Crippen LogP contribution in [0.5, 0.6) is 11.6 Å². The van der Waals surface area contributed by atoms with Gasteiger partial charge in [-0.2, -0.15) is 10.1 Å². The zero-order chi connectivity index (χ0) is 19.1. The summed E-state index contributed by atoms with van der Waals surface area (Å²) in [5.41, 5.74) is 3.50. The summed E-state index contributed by atoms with van der Waals surface area (Å²) in [7, 11) is 1.65. The molecule has 2 aliphatic rings. The van der Waals surface area contributed by atoms with Gasteiger partial charge in [0.05, 0.1) is 19.3 Å². The predicted molar refractivity (Wildman–Crippen MR) is 104 cm³/mol. The van der Waals surface area contributed by atoms with Gasteiger partial charge in [0.25, 0.3) is 0 Å². The minimum Gasteiger partial charge on any atom is -0.497 e. The van der Waals surface area contributed by atoms with Crippen molar-refractivity contribution in [2.45, 2.75) is 18.9 Å². The number of rotatable bonds is 1. The second kappa shape index (κ2) is 6.70. The van der Waals surface area contributed by atoms with Gasteiger partial charge < -0.3 is 19.7 Å². The Labute approximate surface area is 162 Å². The van der Waals surface area contributed by atoms with E-state index in [0.29, 0.717) is 37.6 Å². The third kappa shape index (κ3) is 2.90. The fraction of sp³-hybridized carbons (Fsp3) is 0.350. The first-order chi connectivity index (χ1) is 13.7. The second-order valence-corrected chi connectivity index (χ2v) is 7.06. The fourth-order valence-corrected chi connectivity index (χ4v) is 3.89. The van der Waals surface area contributed by atoms with E-state index in [1.54, 1.807) is 23.9 Å². The highest BCUT2D eigenvalue weighted by atomic mass is 16.5. The molecule has 8 nitrogen and oxygen atoms in total. The molecule has 1 saturated heterocycles. The quantitative estimate of drug-likeness (QED) is 0.698. The van der Waals surface area contributed by atoms with Crippen molar-refractivity contribution in [3.8, 4) is 22.8 Å². The van der Waals surface area contributed by atoms with Crippen LogP contribution in [0.2, 0.25) is 0 Å². The lowest BCUT2D eigenvalue weighted by Crippen LogP contribution is -2.40. The van der Waals surface area contributed by atoms with E-state index in [4.69, 9.17) is 9.47 Å². The molecule has 0 spiro atoms. The lowest BCUT2D eigenvalue weighted by Gasteiger charge is -2.25. The summed E-state index contributed by atoms with van der Waals surface area (Å²) >= 11 is 0. The Morgan fingerprint density at radius 3 is 3.14 bits per heavy atom. The van der Waals surface area contributed by atoms with Crippen molar-refractivity contribution in [1.82, 2.24) is 19.5 Å². The van der Waals surface area contributed by atoms with E-state index < -0.39 is 0 Å². The van der Waals surface area contributed by atoms with Gasteiger partial charge in [-0.15, -0.1) is 0 Å². The van der Waals surface area contributed by atoms with Gasteiger partial charge in [0.2, 0.25) is 11.8 Å². The van der Waals surface area contributed by atoms with Gasteiger partial charge in [-0.3, -0.25) is 4.79 Å². The zero-order valence-electron chi connectivity index (χ0n) is 15.6. The maximum Gasteiger partial charge on any atom is 0.223 e. The molecular formula is C20H21N5O3. The number of nitrogens with zero attached hydrogens (tertiary/aromatic N) is 4. The van der Waals surface area contributed by atoms with Gasteiger partial charge in [0, 0.05) is 49.1 Å². The number of carbonyl (C=O) groups is 1. The molecule has 0 saturated carbocycles. The first-order valence-electron chi connectivity index (χ1n) is 9.41. The summed E-state index contributed by atoms with van der Waals surface area (Å²) in [4.78, 5) is 18.8. The Kier molecular flexibility index (Phi) is 4.03. The average molecular weight is 379 g/mol. The summed E-state index contributed by atoms with van der Waals surface area (Å²) < 4.78 is 13.2. The van der Waals surface area contributed by atoms with E-state index >= 15 is 0 Å². The molecule has 1 atom stereocenters. The molecule has 4 bridgehead atoms. The number of hydrogen-bond donors (Lipinski definition) is 1. The highest BCUT2D eigenvalue weighted by molar-refractivity contribution is 5.81. The molecule has 3 aromatic rings. The van der Waals surface area contributed by atoms with E-state index in [-0.39, 0.29) is 11.9 Å². The summed E-state index contributed by atoms with van der Waals surface area (Å²) in [6.07, 6.45) is 5.01. The number of aromatic nitrogens is 3. The number of nitrogens with one attached hydrogen (secondary N) is 1. The van der Waals surface area contributed by atoms with Crippen molar-refractivity contribution < 1.29 is 14.3 Å². The SMILES string of the molecule is COc1cc2cc(c1)-c1cnn3ccc(nc13)OC[C@@H]1CCC(=O)N1CCN2. The van der Waals surface area contributed by atoms with Crippen LogP contribution in [0, 0.1) is 0 Å². The lowest BCUT2D eigenvalue weighted by atomic mass is 10.1. The van der Waals surface area contributed by atoms with Crippen molar-refractivity contribution in [2.75, 3.05) is 32.1 Å². The second-order valence-electron chi connectivity index (χ2n) is 7.06. The van der Waals surface area contributed by atoms with Crippen LogP contribution < -0.4 is 14.8 Å². The smallest absolute Gasteiger partial charge is 0.223 e.